The second kappa shape index (κ2) is 11.7. The van der Waals surface area contributed by atoms with E-state index < -0.39 is 10.0 Å². The molecule has 2 aromatic rings. The smallest absolute Gasteiger partial charge is 0.232 e. The zero-order chi connectivity index (χ0) is 23.6. The van der Waals surface area contributed by atoms with Crippen LogP contribution in [0.25, 0.3) is 0 Å². The Morgan fingerprint density at radius 1 is 1.12 bits per heavy atom. The minimum absolute atomic E-state index is 0.0301. The van der Waals surface area contributed by atoms with Crippen LogP contribution in [0, 0.1) is 11.3 Å². The highest BCUT2D eigenvalue weighted by Crippen LogP contribution is 2.29. The molecular formula is C22H26N4O5S. The van der Waals surface area contributed by atoms with Crippen LogP contribution in [-0.4, -0.2) is 39.6 Å². The Kier molecular flexibility index (Phi) is 9.04. The van der Waals surface area contributed by atoms with Gasteiger partial charge in [-0.3, -0.25) is 14.3 Å². The molecule has 2 rings (SSSR count). The van der Waals surface area contributed by atoms with Gasteiger partial charge in [0, 0.05) is 36.8 Å². The van der Waals surface area contributed by atoms with Crippen molar-refractivity contribution < 1.29 is 22.7 Å². The number of rotatable bonds is 11. The zero-order valence-electron chi connectivity index (χ0n) is 18.0. The minimum Gasteiger partial charge on any atom is -0.494 e. The average molecular weight is 459 g/mol. The van der Waals surface area contributed by atoms with Gasteiger partial charge in [-0.1, -0.05) is 18.2 Å². The highest BCUT2D eigenvalue weighted by atomic mass is 32.2. The van der Waals surface area contributed by atoms with Gasteiger partial charge in [-0.2, -0.15) is 5.26 Å². The van der Waals surface area contributed by atoms with Gasteiger partial charge in [0.1, 0.15) is 5.75 Å². The first-order chi connectivity index (χ1) is 15.3. The van der Waals surface area contributed by atoms with E-state index in [0.717, 1.165) is 0 Å². The van der Waals surface area contributed by atoms with E-state index in [1.54, 1.807) is 30.3 Å². The van der Waals surface area contributed by atoms with Crippen molar-refractivity contribution in [3.8, 4) is 11.8 Å². The third-order valence-electron chi connectivity index (χ3n) is 4.51. The topological polar surface area (TPSA) is 129 Å². The second-order valence-electron chi connectivity index (χ2n) is 6.76. The number of carbonyl (C=O) groups excluding carboxylic acids is 2. The van der Waals surface area contributed by atoms with E-state index in [1.807, 2.05) is 12.1 Å². The van der Waals surface area contributed by atoms with Crippen LogP contribution >= 0.6 is 0 Å². The van der Waals surface area contributed by atoms with Gasteiger partial charge in [0.25, 0.3) is 0 Å². The van der Waals surface area contributed by atoms with Crippen LogP contribution in [0.2, 0.25) is 0 Å². The predicted molar refractivity (Wildman–Crippen MR) is 123 cm³/mol. The summed E-state index contributed by atoms with van der Waals surface area (Å²) in [7, 11) is -2.09. The van der Waals surface area contributed by atoms with Crippen molar-refractivity contribution in [2.45, 2.75) is 26.2 Å². The summed E-state index contributed by atoms with van der Waals surface area (Å²) >= 11 is 0. The molecule has 0 unspecified atom stereocenters. The second-order valence-corrected chi connectivity index (χ2v) is 8.77. The van der Waals surface area contributed by atoms with E-state index >= 15 is 0 Å². The molecule has 0 saturated carbocycles. The van der Waals surface area contributed by atoms with Gasteiger partial charge in [0.2, 0.25) is 21.8 Å². The molecule has 10 heteroatoms. The number of methoxy groups -OCH3 is 1. The summed E-state index contributed by atoms with van der Waals surface area (Å²) in [5.41, 5.74) is 1.34. The molecule has 0 aliphatic rings. The summed E-state index contributed by atoms with van der Waals surface area (Å²) < 4.78 is 31.2. The Hall–Kier alpha value is -3.58. The number of para-hydroxylation sites is 1. The van der Waals surface area contributed by atoms with Crippen molar-refractivity contribution in [2.24, 2.45) is 0 Å². The zero-order valence-corrected chi connectivity index (χ0v) is 18.8. The summed E-state index contributed by atoms with van der Waals surface area (Å²) in [6.45, 7) is 1.76. The van der Waals surface area contributed by atoms with Crippen molar-refractivity contribution in [1.82, 2.24) is 0 Å². The van der Waals surface area contributed by atoms with Gasteiger partial charge in [0.15, 0.2) is 0 Å². The lowest BCUT2D eigenvalue weighted by atomic mass is 10.2. The lowest BCUT2D eigenvalue weighted by molar-refractivity contribution is -0.122. The molecule has 0 radical (unpaired) electrons. The first kappa shape index (κ1) is 24.7. The lowest BCUT2D eigenvalue weighted by Gasteiger charge is -2.21. The number of hydrogen-bond acceptors (Lipinski definition) is 6. The molecule has 0 saturated heterocycles. The molecule has 0 spiro atoms. The SMILES string of the molecule is CCS(=O)(=O)Nc1ccc(NC(=O)CCC(=O)N(CCC#N)c2ccccc2)cc1OC. The predicted octanol–water partition coefficient (Wildman–Crippen LogP) is 3.12. The molecule has 2 amide bonds. The molecule has 0 aliphatic carbocycles. The van der Waals surface area contributed by atoms with Gasteiger partial charge in [0.05, 0.1) is 31.0 Å². The minimum atomic E-state index is -3.48. The van der Waals surface area contributed by atoms with E-state index in [-0.39, 0.29) is 54.8 Å². The maximum absolute atomic E-state index is 12.7. The number of ether oxygens (including phenoxy) is 1. The van der Waals surface area contributed by atoms with Crippen molar-refractivity contribution >= 4 is 38.9 Å². The van der Waals surface area contributed by atoms with Crippen LogP contribution in [0.1, 0.15) is 26.2 Å². The van der Waals surface area contributed by atoms with E-state index in [0.29, 0.717) is 11.4 Å². The maximum Gasteiger partial charge on any atom is 0.232 e. The Morgan fingerprint density at radius 3 is 2.47 bits per heavy atom. The normalized spacial score (nSPS) is 10.7. The Balaban J connectivity index is 2.01. The highest BCUT2D eigenvalue weighted by Gasteiger charge is 2.17. The number of hydrogen-bond donors (Lipinski definition) is 2. The van der Waals surface area contributed by atoms with Crippen LogP contribution in [0.5, 0.6) is 5.75 Å². The summed E-state index contributed by atoms with van der Waals surface area (Å²) in [5, 5.41) is 11.5. The summed E-state index contributed by atoms with van der Waals surface area (Å²) in [6.07, 6.45) is 0.0969. The maximum atomic E-state index is 12.7. The van der Waals surface area contributed by atoms with Gasteiger partial charge in [-0.05, 0) is 31.2 Å². The van der Waals surface area contributed by atoms with Crippen molar-refractivity contribution in [3.63, 3.8) is 0 Å². The molecule has 170 valence electrons. The molecule has 2 N–H and O–H groups in total. The molecule has 9 nitrogen and oxygen atoms in total. The van der Waals surface area contributed by atoms with Crippen molar-refractivity contribution in [3.05, 3.63) is 48.5 Å². The number of sulfonamides is 1. The molecule has 32 heavy (non-hydrogen) atoms. The van der Waals surface area contributed by atoms with Crippen LogP contribution in [0.15, 0.2) is 48.5 Å². The Labute approximate surface area is 188 Å². The quantitative estimate of drug-likeness (QED) is 0.532. The molecule has 0 aromatic heterocycles. The third kappa shape index (κ3) is 7.28. The molecular weight excluding hydrogens is 432 g/mol. The van der Waals surface area contributed by atoms with E-state index in [2.05, 4.69) is 10.0 Å². The monoisotopic (exact) mass is 458 g/mol. The van der Waals surface area contributed by atoms with Crippen LogP contribution < -0.4 is 19.7 Å². The molecule has 0 aliphatic heterocycles. The highest BCUT2D eigenvalue weighted by molar-refractivity contribution is 7.92. The molecule has 0 heterocycles. The lowest BCUT2D eigenvalue weighted by Crippen LogP contribution is -2.32. The van der Waals surface area contributed by atoms with Crippen LogP contribution in [0.3, 0.4) is 0 Å². The molecule has 0 atom stereocenters. The number of nitrogens with one attached hydrogen (secondary N) is 2. The molecule has 0 bridgehead atoms. The average Bonchev–Trinajstić information content (AvgIpc) is 2.79. The number of benzene rings is 2. The fourth-order valence-corrected chi connectivity index (χ4v) is 3.49. The molecule has 0 fully saturated rings. The standard InChI is InChI=1S/C22H26N4O5S/c1-3-32(29,30)25-19-11-10-17(16-20(19)31-2)24-21(27)12-13-22(28)26(15-7-14-23)18-8-5-4-6-9-18/h4-6,8-11,16,25H,3,7,12-13,15H2,1-2H3,(H,24,27). The van der Waals surface area contributed by atoms with Crippen molar-refractivity contribution in [1.29, 1.82) is 5.26 Å². The summed E-state index contributed by atoms with van der Waals surface area (Å²) in [5.74, 6) is -0.474. The fourth-order valence-electron chi connectivity index (χ4n) is 2.84. The Morgan fingerprint density at radius 2 is 1.84 bits per heavy atom. The summed E-state index contributed by atoms with van der Waals surface area (Å²) in [6, 6.07) is 15.5. The Bertz CT molecular complexity index is 1080. The van der Waals surface area contributed by atoms with Gasteiger partial charge >= 0.3 is 0 Å². The number of nitriles is 1. The first-order valence-corrected chi connectivity index (χ1v) is 11.7. The van der Waals surface area contributed by atoms with Gasteiger partial charge in [-0.15, -0.1) is 0 Å². The van der Waals surface area contributed by atoms with Gasteiger partial charge < -0.3 is 15.0 Å². The fraction of sp³-hybridized carbons (Fsp3) is 0.318. The van der Waals surface area contributed by atoms with Crippen LogP contribution in [0.4, 0.5) is 17.1 Å². The number of anilines is 3. The van der Waals surface area contributed by atoms with Crippen LogP contribution in [-0.2, 0) is 19.6 Å². The first-order valence-electron chi connectivity index (χ1n) is 10.0. The van der Waals surface area contributed by atoms with Crippen molar-refractivity contribution in [2.75, 3.05) is 34.3 Å². The largest absolute Gasteiger partial charge is 0.494 e. The van der Waals surface area contributed by atoms with E-state index in [4.69, 9.17) is 10.00 Å². The third-order valence-corrected chi connectivity index (χ3v) is 5.80. The molecule has 2 aromatic carbocycles. The number of carbonyl (C=O) groups is 2. The van der Waals surface area contributed by atoms with E-state index in [1.165, 1.54) is 31.1 Å². The number of nitrogens with zero attached hydrogens (tertiary/aromatic N) is 2. The van der Waals surface area contributed by atoms with Gasteiger partial charge in [-0.25, -0.2) is 8.42 Å². The number of amides is 2. The van der Waals surface area contributed by atoms with E-state index in [9.17, 15) is 18.0 Å². The summed E-state index contributed by atoms with van der Waals surface area (Å²) in [4.78, 5) is 26.5.